The molecule has 1 aliphatic rings. The number of piperidine rings is 1. The molecule has 40 heavy (non-hydrogen) atoms. The lowest BCUT2D eigenvalue weighted by Gasteiger charge is -2.49. The molecule has 0 aliphatic carbocycles. The van der Waals surface area contributed by atoms with Crippen LogP contribution in [0.15, 0.2) is 103 Å². The summed E-state index contributed by atoms with van der Waals surface area (Å²) < 4.78 is 6.38. The highest BCUT2D eigenvalue weighted by molar-refractivity contribution is 8.14. The van der Waals surface area contributed by atoms with Gasteiger partial charge in [0.2, 0.25) is 0 Å². The lowest BCUT2D eigenvalue weighted by atomic mass is 9.74. The number of nitrogens with zero attached hydrogens (tertiary/aromatic N) is 4. The van der Waals surface area contributed by atoms with Crippen LogP contribution in [0.3, 0.4) is 0 Å². The maximum absolute atomic E-state index is 12.3. The molecule has 204 valence electrons. The van der Waals surface area contributed by atoms with E-state index in [0.717, 1.165) is 18.5 Å². The van der Waals surface area contributed by atoms with Gasteiger partial charge in [-0.15, -0.1) is 0 Å². The SMILES string of the molecule is COC(=O)Cn1ncnc1/C=C1\CN(C(c2ccccc2)(c2ccccc2)c2ccccc2)CCC1SC(C)=O. The van der Waals surface area contributed by atoms with E-state index in [2.05, 4.69) is 87.8 Å². The first-order valence-electron chi connectivity index (χ1n) is 13.3. The van der Waals surface area contributed by atoms with Crippen molar-refractivity contribution >= 4 is 28.9 Å². The Bertz CT molecular complexity index is 1380. The first-order chi connectivity index (χ1) is 19.5. The van der Waals surface area contributed by atoms with E-state index >= 15 is 0 Å². The third-order valence-corrected chi connectivity index (χ3v) is 8.43. The standard InChI is InChI=1S/C32H32N4O3S/c1-24(37)40-29-18-19-35(21-25(29)20-30-33-23-34-36(30)22-31(38)39-2)32(26-12-6-3-7-13-26,27-14-8-4-9-15-27)28-16-10-5-11-17-28/h3-17,20,23,29H,18-19,21-22H2,1-2H3/b25-20+. The maximum Gasteiger partial charge on any atom is 0.327 e. The maximum atomic E-state index is 12.3. The van der Waals surface area contributed by atoms with Gasteiger partial charge in [0.25, 0.3) is 0 Å². The van der Waals surface area contributed by atoms with Crippen molar-refractivity contribution in [3.05, 3.63) is 125 Å². The van der Waals surface area contributed by atoms with Gasteiger partial charge >= 0.3 is 5.97 Å². The van der Waals surface area contributed by atoms with Crippen LogP contribution in [0.1, 0.15) is 35.9 Å². The highest BCUT2D eigenvalue weighted by atomic mass is 32.2. The van der Waals surface area contributed by atoms with Crippen LogP contribution in [0.25, 0.3) is 6.08 Å². The summed E-state index contributed by atoms with van der Waals surface area (Å²) in [4.78, 5) is 31.2. The predicted octanol–water partition coefficient (Wildman–Crippen LogP) is 5.18. The van der Waals surface area contributed by atoms with Gasteiger partial charge in [-0.25, -0.2) is 9.67 Å². The molecule has 4 aromatic rings. The van der Waals surface area contributed by atoms with Crippen molar-refractivity contribution < 1.29 is 14.3 Å². The van der Waals surface area contributed by atoms with E-state index in [1.807, 2.05) is 24.3 Å². The first-order valence-corrected chi connectivity index (χ1v) is 14.1. The number of rotatable bonds is 8. The zero-order valence-corrected chi connectivity index (χ0v) is 23.5. The summed E-state index contributed by atoms with van der Waals surface area (Å²) in [5, 5.41) is 4.29. The van der Waals surface area contributed by atoms with Crippen LogP contribution < -0.4 is 0 Å². The number of carbonyl (C=O) groups excluding carboxylic acids is 2. The van der Waals surface area contributed by atoms with Crippen molar-refractivity contribution in [1.29, 1.82) is 0 Å². The van der Waals surface area contributed by atoms with Crippen LogP contribution in [0.2, 0.25) is 0 Å². The molecule has 8 heteroatoms. The molecule has 1 aliphatic heterocycles. The van der Waals surface area contributed by atoms with E-state index in [9.17, 15) is 9.59 Å². The van der Waals surface area contributed by atoms with Gasteiger partial charge in [-0.1, -0.05) is 103 Å². The molecule has 1 aromatic heterocycles. The monoisotopic (exact) mass is 552 g/mol. The van der Waals surface area contributed by atoms with E-state index < -0.39 is 11.5 Å². The quantitative estimate of drug-likeness (QED) is 0.220. The number of ether oxygens (including phenoxy) is 1. The smallest absolute Gasteiger partial charge is 0.327 e. The number of aromatic nitrogens is 3. The van der Waals surface area contributed by atoms with Crippen molar-refractivity contribution in [2.45, 2.75) is 30.7 Å². The zero-order valence-electron chi connectivity index (χ0n) is 22.6. The minimum absolute atomic E-state index is 0.0166. The number of methoxy groups -OCH3 is 1. The lowest BCUT2D eigenvalue weighted by Crippen LogP contribution is -2.52. The fraction of sp³-hybridized carbons (Fsp3) is 0.250. The van der Waals surface area contributed by atoms with Crippen LogP contribution >= 0.6 is 11.8 Å². The van der Waals surface area contributed by atoms with Crippen molar-refractivity contribution in [2.24, 2.45) is 0 Å². The van der Waals surface area contributed by atoms with E-state index in [0.29, 0.717) is 12.4 Å². The molecule has 0 N–H and O–H groups in total. The molecule has 1 unspecified atom stereocenters. The predicted molar refractivity (Wildman–Crippen MR) is 157 cm³/mol. The van der Waals surface area contributed by atoms with Crippen molar-refractivity contribution in [3.63, 3.8) is 0 Å². The highest BCUT2D eigenvalue weighted by Gasteiger charge is 2.44. The molecule has 7 nitrogen and oxygen atoms in total. The number of esters is 1. The summed E-state index contributed by atoms with van der Waals surface area (Å²) in [6.45, 7) is 2.94. The zero-order chi connectivity index (χ0) is 28.0. The van der Waals surface area contributed by atoms with Crippen LogP contribution in [-0.2, 0) is 26.4 Å². The molecule has 1 fully saturated rings. The average Bonchev–Trinajstić information content (AvgIpc) is 3.42. The molecule has 0 saturated carbocycles. The minimum Gasteiger partial charge on any atom is -0.468 e. The van der Waals surface area contributed by atoms with Gasteiger partial charge < -0.3 is 4.74 Å². The fourth-order valence-electron chi connectivity index (χ4n) is 5.56. The average molecular weight is 553 g/mol. The molecule has 3 aromatic carbocycles. The number of benzene rings is 3. The Kier molecular flexibility index (Phi) is 8.57. The van der Waals surface area contributed by atoms with Crippen LogP contribution in [-0.4, -0.2) is 56.2 Å². The van der Waals surface area contributed by atoms with E-state index in [-0.39, 0.29) is 16.9 Å². The van der Waals surface area contributed by atoms with Crippen molar-refractivity contribution in [1.82, 2.24) is 19.7 Å². The molecule has 0 bridgehead atoms. The Labute approximate surface area is 238 Å². The molecule has 1 saturated heterocycles. The largest absolute Gasteiger partial charge is 0.468 e. The summed E-state index contributed by atoms with van der Waals surface area (Å²) in [6, 6.07) is 31.7. The summed E-state index contributed by atoms with van der Waals surface area (Å²) >= 11 is 1.35. The summed E-state index contributed by atoms with van der Waals surface area (Å²) in [6.07, 6.45) is 4.19. The Morgan fingerprint density at radius 3 is 2.00 bits per heavy atom. The Balaban J connectivity index is 1.66. The van der Waals surface area contributed by atoms with E-state index in [1.165, 1.54) is 46.6 Å². The van der Waals surface area contributed by atoms with Gasteiger partial charge in [0, 0.05) is 25.3 Å². The third kappa shape index (κ3) is 5.64. The van der Waals surface area contributed by atoms with Gasteiger partial charge in [0.1, 0.15) is 12.9 Å². The second kappa shape index (κ2) is 12.4. The number of thioether (sulfide) groups is 1. The summed E-state index contributed by atoms with van der Waals surface area (Å²) in [5.74, 6) is 0.155. The van der Waals surface area contributed by atoms with Gasteiger partial charge in [-0.3, -0.25) is 14.5 Å². The van der Waals surface area contributed by atoms with Crippen LogP contribution in [0.4, 0.5) is 0 Å². The number of carbonyl (C=O) groups is 2. The normalized spacial score (nSPS) is 17.1. The number of hydrogen-bond acceptors (Lipinski definition) is 7. The van der Waals surface area contributed by atoms with Gasteiger partial charge in [-0.2, -0.15) is 5.10 Å². The highest BCUT2D eigenvalue weighted by Crippen LogP contribution is 2.45. The van der Waals surface area contributed by atoms with Crippen LogP contribution in [0, 0.1) is 0 Å². The molecular formula is C32H32N4O3S. The second-order valence-corrected chi connectivity index (χ2v) is 11.1. The van der Waals surface area contributed by atoms with Crippen LogP contribution in [0.5, 0.6) is 0 Å². The Morgan fingerprint density at radius 1 is 0.950 bits per heavy atom. The summed E-state index contributed by atoms with van der Waals surface area (Å²) in [7, 11) is 1.35. The van der Waals surface area contributed by atoms with E-state index in [1.54, 1.807) is 6.92 Å². The summed E-state index contributed by atoms with van der Waals surface area (Å²) in [5.41, 5.74) is 3.97. The molecule has 5 rings (SSSR count). The Morgan fingerprint density at radius 2 is 1.50 bits per heavy atom. The van der Waals surface area contributed by atoms with Gasteiger partial charge in [-0.05, 0) is 34.8 Å². The molecular weight excluding hydrogens is 520 g/mol. The van der Waals surface area contributed by atoms with Crippen molar-refractivity contribution in [3.8, 4) is 0 Å². The third-order valence-electron chi connectivity index (χ3n) is 7.27. The van der Waals surface area contributed by atoms with Gasteiger partial charge in [0.15, 0.2) is 10.9 Å². The molecule has 0 amide bonds. The Hall–Kier alpha value is -4.01. The van der Waals surface area contributed by atoms with E-state index in [4.69, 9.17) is 4.74 Å². The second-order valence-electron chi connectivity index (χ2n) is 9.69. The first kappa shape index (κ1) is 27.6. The lowest BCUT2D eigenvalue weighted by molar-refractivity contribution is -0.141. The molecule has 0 spiro atoms. The number of likely N-dealkylation sites (tertiary alicyclic amines) is 1. The topological polar surface area (TPSA) is 77.3 Å². The number of hydrogen-bond donors (Lipinski definition) is 0. The minimum atomic E-state index is -0.575. The van der Waals surface area contributed by atoms with Crippen molar-refractivity contribution in [2.75, 3.05) is 20.2 Å². The molecule has 0 radical (unpaired) electrons. The van der Waals surface area contributed by atoms with Gasteiger partial charge in [0.05, 0.1) is 12.6 Å². The molecule has 1 atom stereocenters. The fourth-order valence-corrected chi connectivity index (χ4v) is 6.48. The molecule has 2 heterocycles.